The number of hydrogen-bond donors (Lipinski definition) is 3. The molecule has 25 heavy (non-hydrogen) atoms. The zero-order valence-electron chi connectivity index (χ0n) is 16.1. The number of rotatable bonds is 10. The number of carbonyl (C=O) groups excluding carboxylic acids is 1. The molecule has 1 rings (SSSR count). The Morgan fingerprint density at radius 3 is 2.68 bits per heavy atom. The molecule has 1 amide bonds. The van der Waals surface area contributed by atoms with Crippen LogP contribution in [0.2, 0.25) is 0 Å². The molecule has 5 heteroatoms. The van der Waals surface area contributed by atoms with Crippen molar-refractivity contribution >= 4 is 17.6 Å². The molecule has 1 atom stereocenters. The molecule has 0 bridgehead atoms. The summed E-state index contributed by atoms with van der Waals surface area (Å²) in [7, 11) is 0. The Bertz CT molecular complexity index is 554. The van der Waals surface area contributed by atoms with Gasteiger partial charge in [-0.15, -0.1) is 0 Å². The highest BCUT2D eigenvalue weighted by atomic mass is 16.1. The minimum absolute atomic E-state index is 0.0413. The van der Waals surface area contributed by atoms with Gasteiger partial charge in [0.1, 0.15) is 0 Å². The molecule has 0 saturated heterocycles. The Hall–Kier alpha value is -2.04. The molecule has 0 fully saturated rings. The second kappa shape index (κ2) is 11.5. The lowest BCUT2D eigenvalue weighted by molar-refractivity contribution is -0.116. The van der Waals surface area contributed by atoms with Crippen LogP contribution in [0, 0.1) is 5.92 Å². The maximum Gasteiger partial charge on any atom is 0.224 e. The van der Waals surface area contributed by atoms with E-state index in [0.717, 1.165) is 30.0 Å². The SMILES string of the molecule is CCCC(=O)Nc1cccc(CN=C(N)NC(C)CCCC(C)C)c1. The number of nitrogens with one attached hydrogen (secondary N) is 2. The number of aliphatic imine (C=N–C) groups is 1. The molecule has 140 valence electrons. The van der Waals surface area contributed by atoms with Crippen molar-refractivity contribution in [3.8, 4) is 0 Å². The van der Waals surface area contributed by atoms with Gasteiger partial charge >= 0.3 is 0 Å². The third kappa shape index (κ3) is 9.75. The van der Waals surface area contributed by atoms with E-state index in [1.54, 1.807) is 0 Å². The molecule has 0 aliphatic rings. The van der Waals surface area contributed by atoms with Crippen molar-refractivity contribution < 1.29 is 4.79 Å². The summed E-state index contributed by atoms with van der Waals surface area (Å²) in [5.41, 5.74) is 7.81. The average molecular weight is 347 g/mol. The summed E-state index contributed by atoms with van der Waals surface area (Å²) in [6, 6.07) is 8.06. The highest BCUT2D eigenvalue weighted by Crippen LogP contribution is 2.12. The fourth-order valence-electron chi connectivity index (χ4n) is 2.58. The van der Waals surface area contributed by atoms with Crippen molar-refractivity contribution in [3.63, 3.8) is 0 Å². The van der Waals surface area contributed by atoms with Crippen LogP contribution >= 0.6 is 0 Å². The number of benzene rings is 1. The maximum atomic E-state index is 11.7. The summed E-state index contributed by atoms with van der Waals surface area (Å²) < 4.78 is 0. The van der Waals surface area contributed by atoms with E-state index in [-0.39, 0.29) is 5.91 Å². The first kappa shape index (κ1) is 21.0. The predicted molar refractivity (Wildman–Crippen MR) is 107 cm³/mol. The molecule has 0 aliphatic heterocycles. The zero-order chi connectivity index (χ0) is 18.7. The summed E-state index contributed by atoms with van der Waals surface area (Å²) in [4.78, 5) is 16.1. The standard InChI is InChI=1S/C20H34N4O/c1-5-8-19(25)24-18-12-7-11-17(13-18)14-22-20(21)23-16(4)10-6-9-15(2)3/h7,11-13,15-16H,5-6,8-10,14H2,1-4H3,(H,24,25)(H3,21,22,23). The normalized spacial score (nSPS) is 12.9. The molecule has 0 heterocycles. The average Bonchev–Trinajstić information content (AvgIpc) is 2.53. The summed E-state index contributed by atoms with van der Waals surface area (Å²) in [5.74, 6) is 1.25. The van der Waals surface area contributed by atoms with E-state index in [1.165, 1.54) is 12.8 Å². The third-order valence-electron chi connectivity index (χ3n) is 3.93. The molecule has 1 aromatic rings. The molecule has 0 radical (unpaired) electrons. The lowest BCUT2D eigenvalue weighted by atomic mass is 10.0. The van der Waals surface area contributed by atoms with E-state index < -0.39 is 0 Å². The van der Waals surface area contributed by atoms with Crippen molar-refractivity contribution in [1.82, 2.24) is 5.32 Å². The van der Waals surface area contributed by atoms with Crippen molar-refractivity contribution in [2.45, 2.75) is 72.4 Å². The van der Waals surface area contributed by atoms with Crippen LogP contribution < -0.4 is 16.4 Å². The first-order valence-corrected chi connectivity index (χ1v) is 9.36. The zero-order valence-corrected chi connectivity index (χ0v) is 16.1. The topological polar surface area (TPSA) is 79.5 Å². The van der Waals surface area contributed by atoms with Crippen LogP contribution in [-0.2, 0) is 11.3 Å². The number of hydrogen-bond acceptors (Lipinski definition) is 2. The van der Waals surface area contributed by atoms with Gasteiger partial charge in [0.25, 0.3) is 0 Å². The Morgan fingerprint density at radius 1 is 1.24 bits per heavy atom. The second-order valence-corrected chi connectivity index (χ2v) is 7.07. The maximum absolute atomic E-state index is 11.7. The smallest absolute Gasteiger partial charge is 0.224 e. The minimum Gasteiger partial charge on any atom is -0.370 e. The predicted octanol–water partition coefficient (Wildman–Crippen LogP) is 4.04. The highest BCUT2D eigenvalue weighted by Gasteiger charge is 2.05. The van der Waals surface area contributed by atoms with Crippen LogP contribution in [0.4, 0.5) is 5.69 Å². The van der Waals surface area contributed by atoms with Crippen LogP contribution in [-0.4, -0.2) is 17.9 Å². The lowest BCUT2D eigenvalue weighted by Gasteiger charge is -2.15. The van der Waals surface area contributed by atoms with Gasteiger partial charge in [-0.1, -0.05) is 45.7 Å². The Kier molecular flexibility index (Phi) is 9.66. The van der Waals surface area contributed by atoms with E-state index in [9.17, 15) is 4.79 Å². The largest absolute Gasteiger partial charge is 0.370 e. The van der Waals surface area contributed by atoms with Gasteiger partial charge in [0.05, 0.1) is 6.54 Å². The second-order valence-electron chi connectivity index (χ2n) is 7.07. The van der Waals surface area contributed by atoms with E-state index >= 15 is 0 Å². The molecular weight excluding hydrogens is 312 g/mol. The van der Waals surface area contributed by atoms with E-state index in [0.29, 0.717) is 25.0 Å². The quantitative estimate of drug-likeness (QED) is 0.442. The molecule has 1 unspecified atom stereocenters. The third-order valence-corrected chi connectivity index (χ3v) is 3.93. The van der Waals surface area contributed by atoms with Crippen LogP contribution in [0.25, 0.3) is 0 Å². The minimum atomic E-state index is 0.0413. The van der Waals surface area contributed by atoms with Crippen molar-refractivity contribution in [2.75, 3.05) is 5.32 Å². The van der Waals surface area contributed by atoms with E-state index in [4.69, 9.17) is 5.73 Å². The fourth-order valence-corrected chi connectivity index (χ4v) is 2.58. The molecule has 0 aliphatic carbocycles. The van der Waals surface area contributed by atoms with Crippen LogP contribution in [0.1, 0.15) is 65.4 Å². The summed E-state index contributed by atoms with van der Waals surface area (Å²) in [6.45, 7) is 9.10. The van der Waals surface area contributed by atoms with Gasteiger partial charge in [-0.2, -0.15) is 0 Å². The molecular formula is C20H34N4O. The van der Waals surface area contributed by atoms with Gasteiger partial charge in [-0.3, -0.25) is 4.79 Å². The number of nitrogens with zero attached hydrogens (tertiary/aromatic N) is 1. The lowest BCUT2D eigenvalue weighted by Crippen LogP contribution is -2.38. The van der Waals surface area contributed by atoms with E-state index in [1.807, 2.05) is 31.2 Å². The van der Waals surface area contributed by atoms with Gasteiger partial charge in [0.2, 0.25) is 5.91 Å². The Morgan fingerprint density at radius 2 is 2.00 bits per heavy atom. The highest BCUT2D eigenvalue weighted by molar-refractivity contribution is 5.90. The number of guanidine groups is 1. The summed E-state index contributed by atoms with van der Waals surface area (Å²) in [5, 5.41) is 6.15. The Balaban J connectivity index is 2.47. The van der Waals surface area contributed by atoms with Crippen LogP contribution in [0.5, 0.6) is 0 Å². The molecule has 0 saturated carbocycles. The monoisotopic (exact) mass is 346 g/mol. The van der Waals surface area contributed by atoms with Gasteiger partial charge < -0.3 is 16.4 Å². The van der Waals surface area contributed by atoms with Gasteiger partial charge in [0, 0.05) is 18.2 Å². The van der Waals surface area contributed by atoms with Crippen LogP contribution in [0.3, 0.4) is 0 Å². The summed E-state index contributed by atoms with van der Waals surface area (Å²) >= 11 is 0. The van der Waals surface area contributed by atoms with Crippen molar-refractivity contribution in [1.29, 1.82) is 0 Å². The van der Waals surface area contributed by atoms with Crippen LogP contribution in [0.15, 0.2) is 29.3 Å². The van der Waals surface area contributed by atoms with Gasteiger partial charge in [-0.25, -0.2) is 4.99 Å². The number of anilines is 1. The number of nitrogens with two attached hydrogens (primary N) is 1. The van der Waals surface area contributed by atoms with Gasteiger partial charge in [0.15, 0.2) is 5.96 Å². The molecule has 4 N–H and O–H groups in total. The van der Waals surface area contributed by atoms with Crippen molar-refractivity contribution in [3.05, 3.63) is 29.8 Å². The first-order valence-electron chi connectivity index (χ1n) is 9.36. The molecule has 0 aromatic heterocycles. The first-order chi connectivity index (χ1) is 11.9. The van der Waals surface area contributed by atoms with Gasteiger partial charge in [-0.05, 0) is 43.4 Å². The molecule has 1 aromatic carbocycles. The van der Waals surface area contributed by atoms with Crippen molar-refractivity contribution in [2.24, 2.45) is 16.6 Å². The molecule has 0 spiro atoms. The number of carbonyl (C=O) groups is 1. The Labute approximate surface area is 152 Å². The fraction of sp³-hybridized carbons (Fsp3) is 0.600. The molecule has 5 nitrogen and oxygen atoms in total. The van der Waals surface area contributed by atoms with E-state index in [2.05, 4.69) is 36.4 Å². The number of amides is 1. The summed E-state index contributed by atoms with van der Waals surface area (Å²) in [6.07, 6.45) is 4.90.